The standard InChI is InChI=1S/C9H13NO2S/c1-7-4-5-8(10(2)3)6-9(7)13(11)12/h4-6H,1-3H3,(H,11,12). The van der Waals surface area contributed by atoms with E-state index in [1.54, 1.807) is 6.07 Å². The maximum absolute atomic E-state index is 10.9. The van der Waals surface area contributed by atoms with Crippen LogP contribution in [0.4, 0.5) is 5.69 Å². The predicted molar refractivity (Wildman–Crippen MR) is 54.5 cm³/mol. The van der Waals surface area contributed by atoms with E-state index in [0.29, 0.717) is 4.90 Å². The van der Waals surface area contributed by atoms with Crippen molar-refractivity contribution in [1.29, 1.82) is 0 Å². The Hall–Kier alpha value is -0.870. The molecule has 1 rings (SSSR count). The summed E-state index contributed by atoms with van der Waals surface area (Å²) in [7, 11) is 3.80. The van der Waals surface area contributed by atoms with Crippen molar-refractivity contribution in [3.8, 4) is 0 Å². The molecule has 1 atom stereocenters. The maximum Gasteiger partial charge on any atom is 0.186 e. The van der Waals surface area contributed by atoms with Crippen LogP contribution < -0.4 is 4.90 Å². The lowest BCUT2D eigenvalue weighted by Gasteiger charge is -2.13. The smallest absolute Gasteiger partial charge is 0.186 e. The lowest BCUT2D eigenvalue weighted by atomic mass is 10.2. The molecular formula is C9H13NO2S. The Kier molecular flexibility index (Phi) is 3.06. The van der Waals surface area contributed by atoms with Crippen LogP contribution in [-0.4, -0.2) is 22.9 Å². The number of rotatable bonds is 2. The van der Waals surface area contributed by atoms with E-state index in [1.807, 2.05) is 38.1 Å². The first-order valence-corrected chi connectivity index (χ1v) is 5.02. The fourth-order valence-corrected chi connectivity index (χ4v) is 1.62. The van der Waals surface area contributed by atoms with Gasteiger partial charge in [-0.1, -0.05) is 6.07 Å². The van der Waals surface area contributed by atoms with E-state index < -0.39 is 11.1 Å². The molecule has 1 aromatic carbocycles. The number of nitrogens with zero attached hydrogens (tertiary/aromatic N) is 1. The highest BCUT2D eigenvalue weighted by atomic mass is 32.2. The van der Waals surface area contributed by atoms with Crippen molar-refractivity contribution in [2.24, 2.45) is 0 Å². The molecule has 0 aromatic heterocycles. The van der Waals surface area contributed by atoms with Crippen LogP contribution in [0.25, 0.3) is 0 Å². The average Bonchev–Trinajstić information content (AvgIpc) is 2.04. The number of aryl methyl sites for hydroxylation is 1. The lowest BCUT2D eigenvalue weighted by molar-refractivity contribution is 0.564. The minimum atomic E-state index is -1.89. The van der Waals surface area contributed by atoms with Gasteiger partial charge in [-0.25, -0.2) is 4.21 Å². The van der Waals surface area contributed by atoms with E-state index in [-0.39, 0.29) is 0 Å². The third-order valence-corrected chi connectivity index (χ3v) is 2.69. The SMILES string of the molecule is Cc1ccc(N(C)C)cc1S(=O)O. The number of anilines is 1. The Balaban J connectivity index is 3.19. The van der Waals surface area contributed by atoms with Gasteiger partial charge < -0.3 is 9.45 Å². The van der Waals surface area contributed by atoms with Crippen LogP contribution in [0.2, 0.25) is 0 Å². The van der Waals surface area contributed by atoms with Crippen LogP contribution in [0.5, 0.6) is 0 Å². The summed E-state index contributed by atoms with van der Waals surface area (Å²) in [4.78, 5) is 2.38. The first-order chi connectivity index (χ1) is 6.02. The molecule has 0 aliphatic heterocycles. The summed E-state index contributed by atoms with van der Waals surface area (Å²) in [6.07, 6.45) is 0. The largest absolute Gasteiger partial charge is 0.378 e. The zero-order valence-electron chi connectivity index (χ0n) is 7.94. The van der Waals surface area contributed by atoms with E-state index in [2.05, 4.69) is 0 Å². The molecule has 0 fully saturated rings. The summed E-state index contributed by atoms with van der Waals surface area (Å²) in [5.74, 6) is 0. The van der Waals surface area contributed by atoms with Crippen LogP contribution in [-0.2, 0) is 11.1 Å². The molecule has 0 aliphatic rings. The summed E-state index contributed by atoms with van der Waals surface area (Å²) in [6, 6.07) is 5.50. The van der Waals surface area contributed by atoms with Crippen molar-refractivity contribution < 1.29 is 8.76 Å². The second-order valence-corrected chi connectivity index (χ2v) is 4.03. The highest BCUT2D eigenvalue weighted by Crippen LogP contribution is 2.19. The van der Waals surface area contributed by atoms with Gasteiger partial charge in [-0.15, -0.1) is 0 Å². The van der Waals surface area contributed by atoms with Gasteiger partial charge >= 0.3 is 0 Å². The molecule has 0 radical (unpaired) electrons. The molecule has 1 N–H and O–H groups in total. The fraction of sp³-hybridized carbons (Fsp3) is 0.333. The Bertz CT molecular complexity index is 336. The summed E-state index contributed by atoms with van der Waals surface area (Å²) in [6.45, 7) is 1.82. The zero-order valence-corrected chi connectivity index (χ0v) is 8.76. The highest BCUT2D eigenvalue weighted by molar-refractivity contribution is 7.79. The van der Waals surface area contributed by atoms with E-state index in [4.69, 9.17) is 4.55 Å². The van der Waals surface area contributed by atoms with Crippen molar-refractivity contribution in [3.63, 3.8) is 0 Å². The van der Waals surface area contributed by atoms with Gasteiger partial charge in [0.1, 0.15) is 0 Å². The second kappa shape index (κ2) is 3.89. The molecule has 0 heterocycles. The van der Waals surface area contributed by atoms with Crippen molar-refractivity contribution in [1.82, 2.24) is 0 Å². The molecule has 1 unspecified atom stereocenters. The van der Waals surface area contributed by atoms with Crippen LogP contribution in [0.3, 0.4) is 0 Å². The zero-order chi connectivity index (χ0) is 10.0. The highest BCUT2D eigenvalue weighted by Gasteiger charge is 2.06. The van der Waals surface area contributed by atoms with Gasteiger partial charge in [-0.3, -0.25) is 0 Å². The van der Waals surface area contributed by atoms with Gasteiger partial charge in [0.25, 0.3) is 0 Å². The Labute approximate surface area is 80.7 Å². The molecule has 0 bridgehead atoms. The summed E-state index contributed by atoms with van der Waals surface area (Å²) < 4.78 is 19.9. The molecule has 0 saturated heterocycles. The predicted octanol–water partition coefficient (Wildman–Crippen LogP) is 1.64. The maximum atomic E-state index is 10.9. The molecule has 13 heavy (non-hydrogen) atoms. The summed E-state index contributed by atoms with van der Waals surface area (Å²) in [5, 5.41) is 0. The van der Waals surface area contributed by atoms with Gasteiger partial charge in [0, 0.05) is 19.8 Å². The average molecular weight is 199 g/mol. The molecule has 1 aromatic rings. The van der Waals surface area contributed by atoms with E-state index in [9.17, 15) is 4.21 Å². The topological polar surface area (TPSA) is 40.5 Å². The van der Waals surface area contributed by atoms with Crippen molar-refractivity contribution in [3.05, 3.63) is 23.8 Å². The molecule has 0 spiro atoms. The minimum Gasteiger partial charge on any atom is -0.378 e. The molecule has 0 saturated carbocycles. The first kappa shape index (κ1) is 10.2. The van der Waals surface area contributed by atoms with Crippen molar-refractivity contribution in [2.45, 2.75) is 11.8 Å². The second-order valence-electron chi connectivity index (χ2n) is 3.09. The molecule has 3 nitrogen and oxygen atoms in total. The number of hydrogen-bond donors (Lipinski definition) is 1. The van der Waals surface area contributed by atoms with Crippen molar-refractivity contribution >= 4 is 16.8 Å². The summed E-state index contributed by atoms with van der Waals surface area (Å²) >= 11 is -1.89. The van der Waals surface area contributed by atoms with E-state index in [1.165, 1.54) is 0 Å². The van der Waals surface area contributed by atoms with Gasteiger partial charge in [-0.2, -0.15) is 0 Å². The third kappa shape index (κ3) is 2.29. The third-order valence-electron chi connectivity index (χ3n) is 1.88. The minimum absolute atomic E-state index is 0.478. The quantitative estimate of drug-likeness (QED) is 0.736. The Morgan fingerprint density at radius 3 is 2.46 bits per heavy atom. The van der Waals surface area contributed by atoms with Crippen LogP contribution in [0.15, 0.2) is 23.1 Å². The van der Waals surface area contributed by atoms with Crippen LogP contribution >= 0.6 is 0 Å². The van der Waals surface area contributed by atoms with Crippen LogP contribution in [0, 0.1) is 6.92 Å². The molecule has 4 heteroatoms. The Morgan fingerprint density at radius 2 is 2.00 bits per heavy atom. The normalized spacial score (nSPS) is 12.6. The van der Waals surface area contributed by atoms with Gasteiger partial charge in [0.15, 0.2) is 11.1 Å². The molecular weight excluding hydrogens is 186 g/mol. The lowest BCUT2D eigenvalue weighted by Crippen LogP contribution is -2.09. The van der Waals surface area contributed by atoms with Crippen LogP contribution in [0.1, 0.15) is 5.56 Å². The molecule has 0 aliphatic carbocycles. The summed E-state index contributed by atoms with van der Waals surface area (Å²) in [5.41, 5.74) is 1.77. The van der Waals surface area contributed by atoms with Gasteiger partial charge in [0.2, 0.25) is 0 Å². The number of hydrogen-bond acceptors (Lipinski definition) is 2. The van der Waals surface area contributed by atoms with Gasteiger partial charge in [-0.05, 0) is 24.6 Å². The monoisotopic (exact) mass is 199 g/mol. The Morgan fingerprint density at radius 1 is 1.38 bits per heavy atom. The van der Waals surface area contributed by atoms with Gasteiger partial charge in [0.05, 0.1) is 4.90 Å². The van der Waals surface area contributed by atoms with E-state index in [0.717, 1.165) is 11.3 Å². The fourth-order valence-electron chi connectivity index (χ4n) is 1.06. The first-order valence-electron chi connectivity index (χ1n) is 3.91. The number of benzene rings is 1. The van der Waals surface area contributed by atoms with E-state index >= 15 is 0 Å². The molecule has 0 amide bonds. The molecule has 72 valence electrons. The van der Waals surface area contributed by atoms with Crippen molar-refractivity contribution in [2.75, 3.05) is 19.0 Å².